The molecule has 104 valence electrons. The molecule has 0 saturated carbocycles. The maximum Gasteiger partial charge on any atom is 0.416 e. The average molecular weight is 280 g/mol. The Morgan fingerprint density at radius 3 is 2.75 bits per heavy atom. The molecule has 1 atom stereocenters. The maximum absolute atomic E-state index is 13.1. The number of nitrogens with zero attached hydrogens (tertiary/aromatic N) is 3. The number of nitrogens with two attached hydrogens (primary N) is 1. The van der Waals surface area contributed by atoms with Crippen LogP contribution in [-0.4, -0.2) is 14.8 Å². The van der Waals surface area contributed by atoms with Crippen LogP contribution in [0.5, 0.6) is 0 Å². The van der Waals surface area contributed by atoms with Crippen molar-refractivity contribution < 1.29 is 13.2 Å². The van der Waals surface area contributed by atoms with Gasteiger partial charge >= 0.3 is 6.18 Å². The van der Waals surface area contributed by atoms with Gasteiger partial charge in [-0.05, 0) is 18.1 Å². The minimum absolute atomic E-state index is 0.0565. The second-order valence-electron chi connectivity index (χ2n) is 4.53. The Labute approximate surface area is 112 Å². The number of nitrogen functional groups attached to an aromatic ring is 1. The first-order chi connectivity index (χ1) is 9.47. The minimum atomic E-state index is -4.39. The van der Waals surface area contributed by atoms with Crippen LogP contribution in [-0.2, 0) is 6.18 Å². The summed E-state index contributed by atoms with van der Waals surface area (Å²) in [5.74, 6) is -0.00892. The quantitative estimate of drug-likeness (QED) is 0.873. The second-order valence-corrected chi connectivity index (χ2v) is 4.53. The van der Waals surface area contributed by atoms with E-state index >= 15 is 0 Å². The Bertz CT molecular complexity index is 672. The number of aromatic nitrogens is 3. The van der Waals surface area contributed by atoms with Gasteiger partial charge in [-0.2, -0.15) is 18.2 Å². The summed E-state index contributed by atoms with van der Waals surface area (Å²) in [7, 11) is 0. The van der Waals surface area contributed by atoms with Crippen molar-refractivity contribution in [1.82, 2.24) is 14.8 Å². The average Bonchev–Trinajstić information content (AvgIpc) is 2.77. The lowest BCUT2D eigenvalue weighted by Gasteiger charge is -2.22. The van der Waals surface area contributed by atoms with E-state index in [-0.39, 0.29) is 11.5 Å². The third-order valence-corrected chi connectivity index (χ3v) is 3.25. The van der Waals surface area contributed by atoms with E-state index in [2.05, 4.69) is 10.1 Å². The number of hydrogen-bond acceptors (Lipinski definition) is 3. The molecule has 2 heterocycles. The molecule has 0 spiro atoms. The fourth-order valence-electron chi connectivity index (χ4n) is 2.43. The summed E-state index contributed by atoms with van der Waals surface area (Å²) < 4.78 is 40.7. The zero-order valence-electron chi connectivity index (χ0n) is 10.3. The van der Waals surface area contributed by atoms with Crippen LogP contribution in [0.4, 0.5) is 19.1 Å². The van der Waals surface area contributed by atoms with Gasteiger partial charge in [-0.25, -0.2) is 4.68 Å². The van der Waals surface area contributed by atoms with Crippen molar-refractivity contribution in [3.8, 4) is 0 Å². The molecule has 0 amide bonds. The first-order valence-corrected chi connectivity index (χ1v) is 6.01. The van der Waals surface area contributed by atoms with Gasteiger partial charge in [-0.3, -0.25) is 0 Å². The number of rotatable bonds is 1. The summed E-state index contributed by atoms with van der Waals surface area (Å²) in [5, 5.41) is 3.93. The molecule has 1 aliphatic rings. The Balaban J connectivity index is 2.13. The van der Waals surface area contributed by atoms with Crippen molar-refractivity contribution >= 4 is 12.1 Å². The van der Waals surface area contributed by atoms with Gasteiger partial charge in [0.15, 0.2) is 0 Å². The molecular weight excluding hydrogens is 269 g/mol. The zero-order chi connectivity index (χ0) is 14.3. The van der Waals surface area contributed by atoms with Crippen LogP contribution in [0.15, 0.2) is 30.3 Å². The highest BCUT2D eigenvalue weighted by molar-refractivity contribution is 5.42. The molecule has 1 unspecified atom stereocenters. The van der Waals surface area contributed by atoms with E-state index in [4.69, 9.17) is 5.73 Å². The molecule has 1 aliphatic heterocycles. The van der Waals surface area contributed by atoms with E-state index in [0.29, 0.717) is 12.2 Å². The molecule has 4 nitrogen and oxygen atoms in total. The van der Waals surface area contributed by atoms with Crippen LogP contribution in [0, 0.1) is 0 Å². The normalized spacial score (nSPS) is 18.1. The van der Waals surface area contributed by atoms with Crippen molar-refractivity contribution in [3.05, 3.63) is 47.3 Å². The molecule has 20 heavy (non-hydrogen) atoms. The van der Waals surface area contributed by atoms with Gasteiger partial charge in [0, 0.05) is 12.1 Å². The lowest BCUT2D eigenvalue weighted by molar-refractivity contribution is -0.138. The van der Waals surface area contributed by atoms with E-state index in [1.807, 2.05) is 0 Å². The van der Waals surface area contributed by atoms with Crippen molar-refractivity contribution in [3.63, 3.8) is 0 Å². The molecule has 1 aromatic carbocycles. The zero-order valence-corrected chi connectivity index (χ0v) is 10.3. The molecule has 1 aromatic heterocycles. The molecule has 0 saturated heterocycles. The lowest BCUT2D eigenvalue weighted by atomic mass is 9.89. The third-order valence-electron chi connectivity index (χ3n) is 3.25. The highest BCUT2D eigenvalue weighted by atomic mass is 19.4. The summed E-state index contributed by atoms with van der Waals surface area (Å²) in [6.07, 6.45) is -0.538. The number of anilines is 1. The Hall–Kier alpha value is -2.31. The smallest absolute Gasteiger partial charge is 0.366 e. The summed E-state index contributed by atoms with van der Waals surface area (Å²) >= 11 is 0. The van der Waals surface area contributed by atoms with Gasteiger partial charge in [0.1, 0.15) is 5.82 Å². The van der Waals surface area contributed by atoms with Crippen LogP contribution < -0.4 is 5.73 Å². The number of halogens is 3. The molecule has 0 fully saturated rings. The number of hydrogen-bond donors (Lipinski definition) is 1. The fourth-order valence-corrected chi connectivity index (χ4v) is 2.43. The molecule has 7 heteroatoms. The van der Waals surface area contributed by atoms with Crippen molar-refractivity contribution in [2.24, 2.45) is 0 Å². The summed E-state index contributed by atoms with van der Waals surface area (Å²) in [5.41, 5.74) is 5.07. The Morgan fingerprint density at radius 1 is 1.25 bits per heavy atom. The highest BCUT2D eigenvalue weighted by Crippen LogP contribution is 2.39. The molecule has 2 N–H and O–H groups in total. The lowest BCUT2D eigenvalue weighted by Crippen LogP contribution is -2.16. The molecular formula is C13H11F3N4. The molecule has 0 radical (unpaired) electrons. The van der Waals surface area contributed by atoms with Crippen LogP contribution in [0.25, 0.3) is 6.20 Å². The standard InChI is InChI=1S/C13H11F3N4/c14-13(15,16)10-6-2-1-4-8(10)9-5-3-7-20-11(9)18-12(17)19-20/h1-4,6-7,9H,5H2,(H2,17,19). The van der Waals surface area contributed by atoms with E-state index in [9.17, 15) is 13.2 Å². The molecule has 0 aliphatic carbocycles. The van der Waals surface area contributed by atoms with Crippen LogP contribution >= 0.6 is 0 Å². The van der Waals surface area contributed by atoms with Crippen molar-refractivity contribution in [2.75, 3.05) is 5.73 Å². The largest absolute Gasteiger partial charge is 0.416 e. The van der Waals surface area contributed by atoms with E-state index < -0.39 is 17.7 Å². The highest BCUT2D eigenvalue weighted by Gasteiger charge is 2.36. The minimum Gasteiger partial charge on any atom is -0.366 e. The Morgan fingerprint density at radius 2 is 2.00 bits per heavy atom. The SMILES string of the molecule is Nc1nc2n(n1)C=CCC2c1ccccc1C(F)(F)F. The first-order valence-electron chi connectivity index (χ1n) is 6.01. The maximum atomic E-state index is 13.1. The summed E-state index contributed by atoms with van der Waals surface area (Å²) in [4.78, 5) is 4.04. The van der Waals surface area contributed by atoms with Crippen LogP contribution in [0.1, 0.15) is 29.3 Å². The predicted molar refractivity (Wildman–Crippen MR) is 67.7 cm³/mol. The van der Waals surface area contributed by atoms with Gasteiger partial charge in [0.05, 0.1) is 5.56 Å². The Kier molecular flexibility index (Phi) is 2.77. The number of alkyl halides is 3. The van der Waals surface area contributed by atoms with Gasteiger partial charge in [0.25, 0.3) is 0 Å². The molecule has 2 aromatic rings. The summed E-state index contributed by atoms with van der Waals surface area (Å²) in [6.45, 7) is 0. The predicted octanol–water partition coefficient (Wildman–Crippen LogP) is 2.89. The topological polar surface area (TPSA) is 56.7 Å². The van der Waals surface area contributed by atoms with Crippen LogP contribution in [0.3, 0.4) is 0 Å². The van der Waals surface area contributed by atoms with Gasteiger partial charge in [0.2, 0.25) is 5.95 Å². The summed E-state index contributed by atoms with van der Waals surface area (Å²) in [6, 6.07) is 5.52. The number of allylic oxidation sites excluding steroid dienone is 1. The monoisotopic (exact) mass is 280 g/mol. The van der Waals surface area contributed by atoms with E-state index in [1.165, 1.54) is 16.8 Å². The molecule has 3 rings (SSSR count). The van der Waals surface area contributed by atoms with Gasteiger partial charge in [-0.1, -0.05) is 24.3 Å². The van der Waals surface area contributed by atoms with E-state index in [0.717, 1.165) is 6.07 Å². The van der Waals surface area contributed by atoms with Crippen molar-refractivity contribution in [2.45, 2.75) is 18.5 Å². The van der Waals surface area contributed by atoms with Crippen molar-refractivity contribution in [1.29, 1.82) is 0 Å². The third kappa shape index (κ3) is 2.04. The number of fused-ring (bicyclic) bond motifs is 1. The fraction of sp³-hybridized carbons (Fsp3) is 0.231. The number of benzene rings is 1. The van der Waals surface area contributed by atoms with Gasteiger partial charge < -0.3 is 5.73 Å². The van der Waals surface area contributed by atoms with Crippen LogP contribution in [0.2, 0.25) is 0 Å². The molecule has 0 bridgehead atoms. The van der Waals surface area contributed by atoms with E-state index in [1.54, 1.807) is 18.3 Å². The van der Waals surface area contributed by atoms with Gasteiger partial charge in [-0.15, -0.1) is 5.10 Å². The second kappa shape index (κ2) is 4.36. The first kappa shape index (κ1) is 12.7.